The summed E-state index contributed by atoms with van der Waals surface area (Å²) < 4.78 is 6.14. The number of aryl methyl sites for hydroxylation is 1. The number of anilines is 2. The number of carbonyl (C=O) groups is 2. The summed E-state index contributed by atoms with van der Waals surface area (Å²) in [6.07, 6.45) is 0. The second kappa shape index (κ2) is 11.0. The van der Waals surface area contributed by atoms with Gasteiger partial charge in [-0.15, -0.1) is 0 Å². The second-order valence-corrected chi connectivity index (χ2v) is 10.4. The highest BCUT2D eigenvalue weighted by Crippen LogP contribution is 2.28. The van der Waals surface area contributed by atoms with Gasteiger partial charge >= 0.3 is 0 Å². The maximum atomic E-state index is 12.8. The SMILES string of the molecule is COc1c(C)cc(Br)cc1C(=O)NC(=S)Nc1cccc(NC(=O)c2ccc(C(C)(C)C)cc2)c1. The van der Waals surface area contributed by atoms with Crippen molar-refractivity contribution in [3.8, 4) is 5.75 Å². The van der Waals surface area contributed by atoms with Gasteiger partial charge in [0.05, 0.1) is 12.7 Å². The van der Waals surface area contributed by atoms with Crippen molar-refractivity contribution in [1.82, 2.24) is 5.32 Å². The maximum absolute atomic E-state index is 12.8. The molecule has 0 heterocycles. The summed E-state index contributed by atoms with van der Waals surface area (Å²) >= 11 is 8.73. The number of hydrogen-bond acceptors (Lipinski definition) is 4. The lowest BCUT2D eigenvalue weighted by Crippen LogP contribution is -2.34. The van der Waals surface area contributed by atoms with E-state index in [1.165, 1.54) is 7.11 Å². The summed E-state index contributed by atoms with van der Waals surface area (Å²) in [4.78, 5) is 25.5. The van der Waals surface area contributed by atoms with Crippen LogP contribution in [0.3, 0.4) is 0 Å². The Morgan fingerprint density at radius 3 is 2.14 bits per heavy atom. The molecule has 8 heteroatoms. The minimum atomic E-state index is -0.396. The molecule has 3 aromatic rings. The van der Waals surface area contributed by atoms with Gasteiger partial charge in [-0.25, -0.2) is 0 Å². The van der Waals surface area contributed by atoms with Crippen LogP contribution in [0.4, 0.5) is 11.4 Å². The van der Waals surface area contributed by atoms with E-state index in [0.717, 1.165) is 15.6 Å². The number of nitrogens with one attached hydrogen (secondary N) is 3. The molecule has 0 atom stereocenters. The molecule has 0 saturated heterocycles. The fourth-order valence-corrected chi connectivity index (χ4v) is 4.28. The highest BCUT2D eigenvalue weighted by atomic mass is 79.9. The average Bonchev–Trinajstić information content (AvgIpc) is 2.78. The van der Waals surface area contributed by atoms with Gasteiger partial charge in [-0.2, -0.15) is 0 Å². The number of methoxy groups -OCH3 is 1. The standard InChI is InChI=1S/C27H28BrN3O3S/c1-16-13-19(28)14-22(23(16)34-5)25(33)31-26(35)30-21-8-6-7-20(15-21)29-24(32)17-9-11-18(12-10-17)27(2,3)4/h6-15H,1-5H3,(H,29,32)(H2,30,31,33,35). The Bertz CT molecular complexity index is 1270. The second-order valence-electron chi connectivity index (χ2n) is 9.07. The number of benzene rings is 3. The van der Waals surface area contributed by atoms with Crippen LogP contribution in [-0.2, 0) is 5.41 Å². The molecule has 3 aromatic carbocycles. The Morgan fingerprint density at radius 1 is 0.914 bits per heavy atom. The van der Waals surface area contributed by atoms with E-state index in [4.69, 9.17) is 17.0 Å². The van der Waals surface area contributed by atoms with Gasteiger partial charge in [0.15, 0.2) is 5.11 Å². The topological polar surface area (TPSA) is 79.5 Å². The van der Waals surface area contributed by atoms with E-state index in [1.807, 2.05) is 37.3 Å². The van der Waals surface area contributed by atoms with Gasteiger partial charge in [-0.1, -0.05) is 54.9 Å². The van der Waals surface area contributed by atoms with Crippen molar-refractivity contribution in [2.75, 3.05) is 17.7 Å². The number of halogens is 1. The van der Waals surface area contributed by atoms with Crippen LogP contribution in [-0.4, -0.2) is 24.0 Å². The predicted molar refractivity (Wildman–Crippen MR) is 149 cm³/mol. The molecule has 3 rings (SSSR count). The van der Waals surface area contributed by atoms with Crippen molar-refractivity contribution in [3.63, 3.8) is 0 Å². The van der Waals surface area contributed by atoms with Crippen molar-refractivity contribution in [2.45, 2.75) is 33.1 Å². The number of thiocarbonyl (C=S) groups is 1. The zero-order valence-corrected chi connectivity index (χ0v) is 22.7. The highest BCUT2D eigenvalue weighted by molar-refractivity contribution is 9.10. The normalized spacial score (nSPS) is 10.9. The smallest absolute Gasteiger partial charge is 0.261 e. The zero-order valence-electron chi connectivity index (χ0n) is 20.3. The number of carbonyl (C=O) groups excluding carboxylic acids is 2. The Labute approximate surface area is 219 Å². The molecule has 0 spiro atoms. The molecule has 0 unspecified atom stereocenters. The predicted octanol–water partition coefficient (Wildman–Crippen LogP) is 6.44. The van der Waals surface area contributed by atoms with Crippen molar-refractivity contribution in [2.24, 2.45) is 0 Å². The van der Waals surface area contributed by atoms with Crippen LogP contribution in [0.1, 0.15) is 52.6 Å². The van der Waals surface area contributed by atoms with Crippen LogP contribution in [0.25, 0.3) is 0 Å². The highest BCUT2D eigenvalue weighted by Gasteiger charge is 2.17. The third-order valence-corrected chi connectivity index (χ3v) is 5.97. The summed E-state index contributed by atoms with van der Waals surface area (Å²) in [7, 11) is 1.52. The van der Waals surface area contributed by atoms with Gasteiger partial charge in [0.25, 0.3) is 11.8 Å². The lowest BCUT2D eigenvalue weighted by Gasteiger charge is -2.19. The fourth-order valence-electron chi connectivity index (χ4n) is 3.50. The van der Waals surface area contributed by atoms with Gasteiger partial charge in [-0.3, -0.25) is 14.9 Å². The van der Waals surface area contributed by atoms with Gasteiger partial charge in [0.1, 0.15) is 5.75 Å². The number of amides is 2. The van der Waals surface area contributed by atoms with E-state index in [2.05, 4.69) is 52.7 Å². The molecule has 2 amide bonds. The monoisotopic (exact) mass is 553 g/mol. The van der Waals surface area contributed by atoms with Crippen LogP contribution < -0.4 is 20.7 Å². The molecular formula is C27H28BrN3O3S. The van der Waals surface area contributed by atoms with Crippen molar-refractivity contribution < 1.29 is 14.3 Å². The number of hydrogen-bond donors (Lipinski definition) is 3. The van der Waals surface area contributed by atoms with Crippen LogP contribution in [0, 0.1) is 6.92 Å². The van der Waals surface area contributed by atoms with E-state index in [0.29, 0.717) is 28.3 Å². The van der Waals surface area contributed by atoms with Crippen molar-refractivity contribution >= 4 is 56.4 Å². The Kier molecular flexibility index (Phi) is 8.30. The number of ether oxygens (including phenoxy) is 1. The summed E-state index contributed by atoms with van der Waals surface area (Å²) in [5.74, 6) is -0.128. The lowest BCUT2D eigenvalue weighted by molar-refractivity contribution is 0.0973. The zero-order chi connectivity index (χ0) is 25.8. The van der Waals surface area contributed by atoms with Gasteiger partial charge < -0.3 is 15.4 Å². The first-order valence-electron chi connectivity index (χ1n) is 11.0. The molecule has 0 fully saturated rings. The molecule has 182 valence electrons. The first-order chi connectivity index (χ1) is 16.5. The molecule has 0 aromatic heterocycles. The fraction of sp³-hybridized carbons (Fsp3) is 0.222. The third-order valence-electron chi connectivity index (χ3n) is 5.31. The van der Waals surface area contributed by atoms with Crippen molar-refractivity contribution in [3.05, 3.63) is 87.4 Å². The molecule has 0 aliphatic carbocycles. The molecule has 35 heavy (non-hydrogen) atoms. The minimum absolute atomic E-state index is 0.0177. The van der Waals surface area contributed by atoms with E-state index in [-0.39, 0.29) is 16.4 Å². The molecule has 0 radical (unpaired) electrons. The summed E-state index contributed by atoms with van der Waals surface area (Å²) in [6, 6.07) is 18.2. The molecule has 0 aliphatic rings. The molecule has 0 aliphatic heterocycles. The van der Waals surface area contributed by atoms with E-state index in [1.54, 1.807) is 30.3 Å². The van der Waals surface area contributed by atoms with E-state index >= 15 is 0 Å². The first-order valence-corrected chi connectivity index (χ1v) is 12.2. The Morgan fingerprint density at radius 2 is 1.54 bits per heavy atom. The molecule has 6 nitrogen and oxygen atoms in total. The minimum Gasteiger partial charge on any atom is -0.496 e. The van der Waals surface area contributed by atoms with Gasteiger partial charge in [0.2, 0.25) is 0 Å². The van der Waals surface area contributed by atoms with Crippen LogP contribution in [0.5, 0.6) is 5.75 Å². The number of rotatable bonds is 5. The third kappa shape index (κ3) is 6.90. The van der Waals surface area contributed by atoms with Crippen LogP contribution in [0.2, 0.25) is 0 Å². The summed E-state index contributed by atoms with van der Waals surface area (Å²) in [5, 5.41) is 8.67. The quantitative estimate of drug-likeness (QED) is 0.316. The maximum Gasteiger partial charge on any atom is 0.261 e. The molecular weight excluding hydrogens is 526 g/mol. The Balaban J connectivity index is 1.66. The summed E-state index contributed by atoms with van der Waals surface area (Å²) in [5.41, 5.74) is 4.14. The molecule has 0 saturated carbocycles. The average molecular weight is 555 g/mol. The van der Waals surface area contributed by atoms with Gasteiger partial charge in [-0.05, 0) is 78.1 Å². The van der Waals surface area contributed by atoms with E-state index < -0.39 is 5.91 Å². The first kappa shape index (κ1) is 26.4. The molecule has 0 bridgehead atoms. The van der Waals surface area contributed by atoms with Crippen LogP contribution >= 0.6 is 28.1 Å². The van der Waals surface area contributed by atoms with Crippen LogP contribution in [0.15, 0.2) is 65.1 Å². The lowest BCUT2D eigenvalue weighted by atomic mass is 9.87. The molecule has 3 N–H and O–H groups in total. The van der Waals surface area contributed by atoms with Gasteiger partial charge in [0, 0.05) is 21.4 Å². The largest absolute Gasteiger partial charge is 0.496 e. The Hall–Kier alpha value is -3.23. The van der Waals surface area contributed by atoms with Crippen molar-refractivity contribution in [1.29, 1.82) is 0 Å². The summed E-state index contributed by atoms with van der Waals surface area (Å²) in [6.45, 7) is 8.24. The van der Waals surface area contributed by atoms with E-state index in [9.17, 15) is 9.59 Å².